The molecule has 2 aliphatic heterocycles. The molecule has 2 fully saturated rings. The van der Waals surface area contributed by atoms with Gasteiger partial charge < -0.3 is 15.1 Å². The summed E-state index contributed by atoms with van der Waals surface area (Å²) in [4.78, 5) is 28.7. The van der Waals surface area contributed by atoms with Crippen molar-refractivity contribution in [2.75, 3.05) is 50.4 Å². The molecule has 0 bridgehead atoms. The summed E-state index contributed by atoms with van der Waals surface area (Å²) in [6.07, 6.45) is 2.22. The number of piperazine rings is 1. The highest BCUT2D eigenvalue weighted by molar-refractivity contribution is 7.88. The van der Waals surface area contributed by atoms with Crippen molar-refractivity contribution in [3.63, 3.8) is 0 Å². The molecule has 0 radical (unpaired) electrons. The smallest absolute Gasteiger partial charge is 0.242 e. The highest BCUT2D eigenvalue weighted by Crippen LogP contribution is 2.21. The van der Waals surface area contributed by atoms with Crippen molar-refractivity contribution in [2.24, 2.45) is 0 Å². The zero-order valence-electron chi connectivity index (χ0n) is 15.8. The fourth-order valence-electron chi connectivity index (χ4n) is 3.68. The van der Waals surface area contributed by atoms with Crippen LogP contribution in [0, 0.1) is 0 Å². The molecule has 1 atom stereocenters. The molecule has 2 saturated heterocycles. The van der Waals surface area contributed by atoms with Crippen LogP contribution in [0.25, 0.3) is 0 Å². The summed E-state index contributed by atoms with van der Waals surface area (Å²) >= 11 is 6.03. The van der Waals surface area contributed by atoms with Gasteiger partial charge in [0.2, 0.25) is 21.8 Å². The van der Waals surface area contributed by atoms with Crippen molar-refractivity contribution in [3.8, 4) is 0 Å². The first-order chi connectivity index (χ1) is 13.3. The summed E-state index contributed by atoms with van der Waals surface area (Å²) in [6.45, 7) is 2.70. The summed E-state index contributed by atoms with van der Waals surface area (Å²) in [5.41, 5.74) is 1.02. The minimum absolute atomic E-state index is 0.121. The lowest BCUT2D eigenvalue weighted by atomic mass is 10.2. The molecular weight excluding hydrogens is 404 g/mol. The van der Waals surface area contributed by atoms with Gasteiger partial charge in [-0.2, -0.15) is 4.31 Å². The van der Waals surface area contributed by atoms with Crippen LogP contribution < -0.4 is 10.2 Å². The van der Waals surface area contributed by atoms with Gasteiger partial charge in [0, 0.05) is 43.4 Å². The van der Waals surface area contributed by atoms with E-state index in [2.05, 4.69) is 10.2 Å². The topological polar surface area (TPSA) is 90.0 Å². The summed E-state index contributed by atoms with van der Waals surface area (Å²) in [6, 6.07) is 6.88. The van der Waals surface area contributed by atoms with Gasteiger partial charge >= 0.3 is 0 Å². The predicted octanol–water partition coefficient (Wildman–Crippen LogP) is 0.529. The Morgan fingerprint density at radius 1 is 1.18 bits per heavy atom. The van der Waals surface area contributed by atoms with Crippen LogP contribution in [-0.4, -0.2) is 81.0 Å². The lowest BCUT2D eigenvalue weighted by Crippen LogP contribution is -2.53. The minimum Gasteiger partial charge on any atom is -0.368 e. The lowest BCUT2D eigenvalue weighted by molar-refractivity contribution is -0.133. The number of carbonyl (C=O) groups is 2. The highest BCUT2D eigenvalue weighted by atomic mass is 35.5. The number of nitrogens with one attached hydrogen (secondary N) is 1. The van der Waals surface area contributed by atoms with E-state index in [0.29, 0.717) is 50.6 Å². The third-order valence-electron chi connectivity index (χ3n) is 5.15. The average molecular weight is 429 g/mol. The molecule has 2 amide bonds. The molecule has 154 valence electrons. The van der Waals surface area contributed by atoms with Crippen molar-refractivity contribution in [2.45, 2.75) is 18.9 Å². The number of halogens is 1. The number of hydrogen-bond acceptors (Lipinski definition) is 5. The van der Waals surface area contributed by atoms with Gasteiger partial charge in [-0.15, -0.1) is 0 Å². The Kier molecular flexibility index (Phi) is 6.47. The van der Waals surface area contributed by atoms with E-state index in [-0.39, 0.29) is 12.5 Å². The summed E-state index contributed by atoms with van der Waals surface area (Å²) in [5.74, 6) is -0.572. The van der Waals surface area contributed by atoms with Crippen molar-refractivity contribution in [1.82, 2.24) is 14.5 Å². The lowest BCUT2D eigenvalue weighted by Gasteiger charge is -2.36. The van der Waals surface area contributed by atoms with Gasteiger partial charge in [-0.05, 0) is 31.0 Å². The molecule has 8 nitrogen and oxygen atoms in total. The molecule has 0 saturated carbocycles. The minimum atomic E-state index is -3.43. The molecule has 10 heteroatoms. The Hall–Kier alpha value is -1.84. The van der Waals surface area contributed by atoms with Crippen LogP contribution in [-0.2, 0) is 19.6 Å². The Balaban J connectivity index is 1.48. The molecule has 1 aromatic carbocycles. The molecule has 2 heterocycles. The summed E-state index contributed by atoms with van der Waals surface area (Å²) in [5, 5.41) is 3.28. The maximum absolute atomic E-state index is 12.4. The Morgan fingerprint density at radius 2 is 1.89 bits per heavy atom. The first-order valence-electron chi connectivity index (χ1n) is 9.28. The number of sulfonamides is 1. The second-order valence-electron chi connectivity index (χ2n) is 7.10. The van der Waals surface area contributed by atoms with E-state index in [1.54, 1.807) is 4.90 Å². The molecule has 0 spiro atoms. The normalized spacial score (nSPS) is 21.0. The van der Waals surface area contributed by atoms with Crippen LogP contribution in [0.2, 0.25) is 5.02 Å². The zero-order valence-corrected chi connectivity index (χ0v) is 17.4. The molecule has 0 aliphatic carbocycles. The molecule has 3 rings (SSSR count). The standard InChI is InChI=1S/C18H25ClN4O4S/c1-28(26,27)23-7-3-6-16(23)18(25)20-13-17(24)22-10-8-21(9-11-22)15-5-2-4-14(19)12-15/h2,4-5,12,16H,3,6-11,13H2,1H3,(H,20,25). The third kappa shape index (κ3) is 4.95. The van der Waals surface area contributed by atoms with Crippen LogP contribution in [0.5, 0.6) is 0 Å². The number of anilines is 1. The maximum Gasteiger partial charge on any atom is 0.242 e. The maximum atomic E-state index is 12.4. The monoisotopic (exact) mass is 428 g/mol. The molecule has 1 unspecified atom stereocenters. The van der Waals surface area contributed by atoms with Crippen molar-refractivity contribution in [3.05, 3.63) is 29.3 Å². The average Bonchev–Trinajstić information content (AvgIpc) is 3.16. The van der Waals surface area contributed by atoms with E-state index in [4.69, 9.17) is 11.6 Å². The van der Waals surface area contributed by atoms with Crippen LogP contribution in [0.15, 0.2) is 24.3 Å². The van der Waals surface area contributed by atoms with Crippen LogP contribution in [0.1, 0.15) is 12.8 Å². The number of nitrogens with zero attached hydrogens (tertiary/aromatic N) is 3. The van der Waals surface area contributed by atoms with E-state index < -0.39 is 22.0 Å². The van der Waals surface area contributed by atoms with Gasteiger partial charge in [0.15, 0.2) is 0 Å². The van der Waals surface area contributed by atoms with Gasteiger partial charge in [0.1, 0.15) is 6.04 Å². The predicted molar refractivity (Wildman–Crippen MR) is 108 cm³/mol. The van der Waals surface area contributed by atoms with Crippen molar-refractivity contribution < 1.29 is 18.0 Å². The first-order valence-corrected chi connectivity index (χ1v) is 11.5. The molecule has 0 aromatic heterocycles. The quantitative estimate of drug-likeness (QED) is 0.738. The molecule has 2 aliphatic rings. The van der Waals surface area contributed by atoms with Gasteiger partial charge in [0.25, 0.3) is 0 Å². The van der Waals surface area contributed by atoms with E-state index in [9.17, 15) is 18.0 Å². The number of benzene rings is 1. The van der Waals surface area contributed by atoms with Gasteiger partial charge in [-0.25, -0.2) is 8.42 Å². The molecule has 28 heavy (non-hydrogen) atoms. The van der Waals surface area contributed by atoms with E-state index in [1.807, 2.05) is 24.3 Å². The molecule has 1 aromatic rings. The van der Waals surface area contributed by atoms with Crippen LogP contribution in [0.4, 0.5) is 5.69 Å². The van der Waals surface area contributed by atoms with E-state index >= 15 is 0 Å². The number of carbonyl (C=O) groups excluding carboxylic acids is 2. The zero-order chi connectivity index (χ0) is 20.3. The molecule has 1 N–H and O–H groups in total. The summed E-state index contributed by atoms with van der Waals surface area (Å²) in [7, 11) is -3.43. The number of hydrogen-bond donors (Lipinski definition) is 1. The van der Waals surface area contributed by atoms with Crippen LogP contribution in [0.3, 0.4) is 0 Å². The Bertz CT molecular complexity index is 840. The SMILES string of the molecule is CS(=O)(=O)N1CCCC1C(=O)NCC(=O)N1CCN(c2cccc(Cl)c2)CC1. The second kappa shape index (κ2) is 8.67. The third-order valence-corrected chi connectivity index (χ3v) is 6.68. The fourth-order valence-corrected chi connectivity index (χ4v) is 4.99. The van der Waals surface area contributed by atoms with E-state index in [0.717, 1.165) is 11.9 Å². The number of rotatable bonds is 5. The first kappa shape index (κ1) is 20.9. The van der Waals surface area contributed by atoms with Gasteiger partial charge in [-0.3, -0.25) is 9.59 Å². The second-order valence-corrected chi connectivity index (χ2v) is 9.47. The van der Waals surface area contributed by atoms with Crippen molar-refractivity contribution in [1.29, 1.82) is 0 Å². The van der Waals surface area contributed by atoms with Crippen molar-refractivity contribution >= 4 is 39.1 Å². The molecular formula is C18H25ClN4O4S. The van der Waals surface area contributed by atoms with E-state index in [1.165, 1.54) is 4.31 Å². The Labute approximate surface area is 170 Å². The fraction of sp³-hybridized carbons (Fsp3) is 0.556. The Morgan fingerprint density at radius 3 is 2.54 bits per heavy atom. The van der Waals surface area contributed by atoms with Gasteiger partial charge in [0.05, 0.1) is 12.8 Å². The largest absolute Gasteiger partial charge is 0.368 e. The number of amides is 2. The van der Waals surface area contributed by atoms with Crippen LogP contribution >= 0.6 is 11.6 Å². The highest BCUT2D eigenvalue weighted by Gasteiger charge is 2.36. The summed E-state index contributed by atoms with van der Waals surface area (Å²) < 4.78 is 24.7. The van der Waals surface area contributed by atoms with Gasteiger partial charge in [-0.1, -0.05) is 17.7 Å².